The Hall–Kier alpha value is -3.27. The van der Waals surface area contributed by atoms with Crippen molar-refractivity contribution >= 4 is 17.5 Å². The van der Waals surface area contributed by atoms with Gasteiger partial charge in [0, 0.05) is 11.8 Å². The first-order valence-electron chi connectivity index (χ1n) is 12.8. The van der Waals surface area contributed by atoms with Gasteiger partial charge in [-0.15, -0.1) is 0 Å². The second kappa shape index (κ2) is 7.38. The quantitative estimate of drug-likeness (QED) is 0.358. The van der Waals surface area contributed by atoms with Gasteiger partial charge in [-0.1, -0.05) is 77.9 Å². The number of carbonyl (C=O) groups is 2. The predicted molar refractivity (Wildman–Crippen MR) is 140 cm³/mol. The lowest BCUT2D eigenvalue weighted by molar-refractivity contribution is -0.122. The third-order valence-corrected chi connectivity index (χ3v) is 8.45. The van der Waals surface area contributed by atoms with E-state index in [1.54, 1.807) is 0 Å². The van der Waals surface area contributed by atoms with Crippen LogP contribution in [0, 0.1) is 17.7 Å². The number of halogens is 1. The zero-order chi connectivity index (χ0) is 25.7. The lowest BCUT2D eigenvalue weighted by Gasteiger charge is -2.47. The Morgan fingerprint density at radius 3 is 1.42 bits per heavy atom. The fourth-order valence-corrected chi connectivity index (χ4v) is 6.55. The topological polar surface area (TPSA) is 37.4 Å². The molecule has 0 spiro atoms. The van der Waals surface area contributed by atoms with Crippen LogP contribution in [0.3, 0.4) is 0 Å². The van der Waals surface area contributed by atoms with Gasteiger partial charge in [0.05, 0.1) is 17.5 Å². The fourth-order valence-electron chi connectivity index (χ4n) is 6.55. The average Bonchev–Trinajstić information content (AvgIpc) is 3.08. The molecule has 3 nitrogen and oxygen atoms in total. The van der Waals surface area contributed by atoms with Crippen LogP contribution in [0.25, 0.3) is 0 Å². The molecule has 1 heterocycles. The Labute approximate surface area is 212 Å². The first-order chi connectivity index (χ1) is 16.9. The van der Waals surface area contributed by atoms with Gasteiger partial charge in [0.25, 0.3) is 0 Å². The van der Waals surface area contributed by atoms with E-state index in [1.807, 2.05) is 0 Å². The molecule has 2 amide bonds. The molecule has 3 aliphatic carbocycles. The van der Waals surface area contributed by atoms with Gasteiger partial charge in [0.1, 0.15) is 5.82 Å². The minimum absolute atomic E-state index is 0.0281. The monoisotopic (exact) mass is 481 g/mol. The van der Waals surface area contributed by atoms with Crippen LogP contribution < -0.4 is 4.90 Å². The van der Waals surface area contributed by atoms with Crippen LogP contribution in [0.15, 0.2) is 60.7 Å². The number of hydrogen-bond donors (Lipinski definition) is 0. The lowest BCUT2D eigenvalue weighted by atomic mass is 9.54. The van der Waals surface area contributed by atoms with Crippen molar-refractivity contribution in [1.29, 1.82) is 0 Å². The molecule has 1 aliphatic heterocycles. The summed E-state index contributed by atoms with van der Waals surface area (Å²) in [5.41, 5.74) is 7.51. The van der Waals surface area contributed by atoms with Gasteiger partial charge in [0.15, 0.2) is 0 Å². The van der Waals surface area contributed by atoms with Gasteiger partial charge >= 0.3 is 0 Å². The Balaban J connectivity index is 1.57. The fraction of sp³-hybridized carbons (Fsp3) is 0.375. The van der Waals surface area contributed by atoms with Crippen molar-refractivity contribution in [3.63, 3.8) is 0 Å². The molecule has 0 saturated carbocycles. The number of hydrogen-bond acceptors (Lipinski definition) is 2. The van der Waals surface area contributed by atoms with Crippen molar-refractivity contribution in [2.24, 2.45) is 11.8 Å². The van der Waals surface area contributed by atoms with E-state index < -0.39 is 11.8 Å². The molecular weight excluding hydrogens is 449 g/mol. The zero-order valence-electron chi connectivity index (χ0n) is 21.7. The first kappa shape index (κ1) is 23.1. The molecule has 184 valence electrons. The van der Waals surface area contributed by atoms with E-state index in [9.17, 15) is 14.0 Å². The third-order valence-electron chi connectivity index (χ3n) is 8.45. The van der Waals surface area contributed by atoms with Crippen LogP contribution in [0.2, 0.25) is 0 Å². The number of benzene rings is 3. The van der Waals surface area contributed by atoms with Gasteiger partial charge in [-0.05, 0) is 68.5 Å². The van der Waals surface area contributed by atoms with Crippen LogP contribution in [-0.4, -0.2) is 11.8 Å². The standard InChI is InChI=1S/C32H32FNO2/c1-31(2,3)17-7-13-21-23(15-17)25-22-14-8-18(32(4,5)6)16-24(22)26(21)28-27(25)29(35)34(30(28)36)20-11-9-19(33)10-12-20/h7-16,25-28H,1-6H3/t25-,26+,27-,28-/m0/s1. The van der Waals surface area contributed by atoms with Crippen molar-refractivity contribution in [2.45, 2.75) is 64.2 Å². The molecule has 3 aromatic rings. The summed E-state index contributed by atoms with van der Waals surface area (Å²) in [6, 6.07) is 18.9. The summed E-state index contributed by atoms with van der Waals surface area (Å²) in [4.78, 5) is 29.2. The summed E-state index contributed by atoms with van der Waals surface area (Å²) in [7, 11) is 0. The molecule has 0 unspecified atom stereocenters. The van der Waals surface area contributed by atoms with E-state index in [-0.39, 0.29) is 40.3 Å². The van der Waals surface area contributed by atoms with Gasteiger partial charge in [-0.2, -0.15) is 0 Å². The Kier molecular flexibility index (Phi) is 4.74. The highest BCUT2D eigenvalue weighted by molar-refractivity contribution is 6.23. The maximum absolute atomic E-state index is 14.0. The largest absolute Gasteiger partial charge is 0.274 e. The summed E-state index contributed by atoms with van der Waals surface area (Å²) >= 11 is 0. The van der Waals surface area contributed by atoms with Crippen molar-refractivity contribution < 1.29 is 14.0 Å². The van der Waals surface area contributed by atoms with Crippen LogP contribution in [0.1, 0.15) is 86.8 Å². The first-order valence-corrected chi connectivity index (χ1v) is 12.8. The minimum atomic E-state index is -0.455. The number of rotatable bonds is 1. The highest BCUT2D eigenvalue weighted by atomic mass is 19.1. The van der Waals surface area contributed by atoms with E-state index in [1.165, 1.54) is 51.4 Å². The van der Waals surface area contributed by atoms with Crippen LogP contribution in [-0.2, 0) is 20.4 Å². The molecule has 4 atom stereocenters. The Bertz CT molecular complexity index is 1340. The molecule has 1 fully saturated rings. The molecule has 4 heteroatoms. The predicted octanol–water partition coefficient (Wildman–Crippen LogP) is 6.82. The van der Waals surface area contributed by atoms with Gasteiger partial charge in [-0.25, -0.2) is 9.29 Å². The minimum Gasteiger partial charge on any atom is -0.274 e. The normalized spacial score (nSPS) is 24.6. The van der Waals surface area contributed by atoms with E-state index in [0.29, 0.717) is 5.69 Å². The Morgan fingerprint density at radius 2 is 1.03 bits per heavy atom. The summed E-state index contributed by atoms with van der Waals surface area (Å²) in [5.74, 6) is -2.01. The molecule has 36 heavy (non-hydrogen) atoms. The summed E-state index contributed by atoms with van der Waals surface area (Å²) in [5, 5.41) is 0. The van der Waals surface area contributed by atoms with Crippen molar-refractivity contribution in [3.8, 4) is 0 Å². The summed E-state index contributed by atoms with van der Waals surface area (Å²) in [6.07, 6.45) is 0. The van der Waals surface area contributed by atoms with Crippen molar-refractivity contribution in [2.75, 3.05) is 4.90 Å². The van der Waals surface area contributed by atoms with E-state index in [0.717, 1.165) is 11.1 Å². The van der Waals surface area contributed by atoms with Gasteiger partial charge < -0.3 is 0 Å². The summed E-state index contributed by atoms with van der Waals surface area (Å²) < 4.78 is 13.6. The number of nitrogens with zero attached hydrogens (tertiary/aromatic N) is 1. The lowest BCUT2D eigenvalue weighted by Crippen LogP contribution is -2.42. The zero-order valence-corrected chi connectivity index (χ0v) is 21.7. The highest BCUT2D eigenvalue weighted by Gasteiger charge is 2.62. The molecule has 4 aliphatic rings. The SMILES string of the molecule is CC(C)(C)c1ccc2c(c1)[C@H]1c3ccc(C(C)(C)C)cc3[C@H]2[C@@H]2C(=O)N(c3ccc(F)cc3)C(=O)[C@@H]12. The van der Waals surface area contributed by atoms with Crippen LogP contribution in [0.5, 0.6) is 0 Å². The van der Waals surface area contributed by atoms with E-state index >= 15 is 0 Å². The second-order valence-corrected chi connectivity index (χ2v) is 12.7. The van der Waals surface area contributed by atoms with Gasteiger partial charge in [-0.3, -0.25) is 9.59 Å². The molecule has 1 saturated heterocycles. The number of amides is 2. The molecule has 3 aromatic carbocycles. The number of anilines is 1. The van der Waals surface area contributed by atoms with Crippen molar-refractivity contribution in [1.82, 2.24) is 0 Å². The third kappa shape index (κ3) is 3.16. The molecule has 0 radical (unpaired) electrons. The van der Waals surface area contributed by atoms with Crippen molar-refractivity contribution in [3.05, 3.63) is 99.9 Å². The number of imide groups is 1. The Morgan fingerprint density at radius 1 is 0.611 bits per heavy atom. The van der Waals surface area contributed by atoms with Gasteiger partial charge in [0.2, 0.25) is 11.8 Å². The van der Waals surface area contributed by atoms with Crippen LogP contribution in [0.4, 0.5) is 10.1 Å². The molecule has 0 aromatic heterocycles. The van der Waals surface area contributed by atoms with E-state index in [4.69, 9.17) is 0 Å². The molecule has 7 rings (SSSR count). The maximum atomic E-state index is 14.0. The number of carbonyl (C=O) groups excluding carboxylic acids is 2. The second-order valence-electron chi connectivity index (χ2n) is 12.7. The van der Waals surface area contributed by atoms with E-state index in [2.05, 4.69) is 77.9 Å². The molecule has 0 N–H and O–H groups in total. The molecular formula is C32H32FNO2. The van der Waals surface area contributed by atoms with Crippen LogP contribution >= 0.6 is 0 Å². The maximum Gasteiger partial charge on any atom is 0.238 e. The average molecular weight is 482 g/mol. The smallest absolute Gasteiger partial charge is 0.238 e. The molecule has 2 bridgehead atoms. The summed E-state index contributed by atoms with van der Waals surface area (Å²) in [6.45, 7) is 13.2. The highest BCUT2D eigenvalue weighted by Crippen LogP contribution is 2.62.